The Hall–Kier alpha value is -2.84. The SMILES string of the molecule is C[C@H](O)[C@H](CO)NC(=O)C1CC(c2c(-c3ccc(F)cc3)[nH]c3c(F)cc(F)cc23)C1. The summed E-state index contributed by atoms with van der Waals surface area (Å²) < 4.78 is 41.8. The summed E-state index contributed by atoms with van der Waals surface area (Å²) in [6, 6.07) is 7.04. The van der Waals surface area contributed by atoms with E-state index in [2.05, 4.69) is 10.3 Å². The van der Waals surface area contributed by atoms with Gasteiger partial charge >= 0.3 is 0 Å². The zero-order valence-corrected chi connectivity index (χ0v) is 16.8. The Morgan fingerprint density at radius 1 is 1.16 bits per heavy atom. The number of rotatable bonds is 6. The highest BCUT2D eigenvalue weighted by molar-refractivity contribution is 5.92. The van der Waals surface area contributed by atoms with E-state index in [1.54, 1.807) is 12.1 Å². The number of nitrogens with one attached hydrogen (secondary N) is 2. The average molecular weight is 432 g/mol. The number of aromatic nitrogens is 1. The van der Waals surface area contributed by atoms with Crippen LogP contribution in [-0.2, 0) is 4.79 Å². The summed E-state index contributed by atoms with van der Waals surface area (Å²) >= 11 is 0. The molecule has 0 spiro atoms. The maximum absolute atomic E-state index is 14.4. The number of fused-ring (bicyclic) bond motifs is 1. The molecule has 0 bridgehead atoms. The van der Waals surface area contributed by atoms with Gasteiger partial charge < -0.3 is 20.5 Å². The second-order valence-electron chi connectivity index (χ2n) is 8.13. The molecule has 1 aliphatic carbocycles. The molecule has 2 atom stereocenters. The van der Waals surface area contributed by atoms with Crippen molar-refractivity contribution in [3.63, 3.8) is 0 Å². The summed E-state index contributed by atoms with van der Waals surface area (Å²) in [7, 11) is 0. The lowest BCUT2D eigenvalue weighted by Gasteiger charge is -2.36. The van der Waals surface area contributed by atoms with Gasteiger partial charge in [0.2, 0.25) is 5.91 Å². The van der Waals surface area contributed by atoms with E-state index in [1.807, 2.05) is 0 Å². The molecule has 0 radical (unpaired) electrons. The van der Waals surface area contributed by atoms with Crippen molar-refractivity contribution in [3.8, 4) is 11.3 Å². The van der Waals surface area contributed by atoms with E-state index in [0.29, 0.717) is 35.0 Å². The zero-order valence-electron chi connectivity index (χ0n) is 16.8. The Kier molecular flexibility index (Phi) is 5.77. The molecule has 3 aromatic rings. The van der Waals surface area contributed by atoms with Gasteiger partial charge in [0.1, 0.15) is 17.5 Å². The molecule has 1 heterocycles. The van der Waals surface area contributed by atoms with Gasteiger partial charge in [-0.15, -0.1) is 0 Å². The number of carbonyl (C=O) groups excluding carboxylic acids is 1. The average Bonchev–Trinajstić information content (AvgIpc) is 3.05. The highest BCUT2D eigenvalue weighted by atomic mass is 19.1. The van der Waals surface area contributed by atoms with Gasteiger partial charge in [-0.2, -0.15) is 0 Å². The smallest absolute Gasteiger partial charge is 0.223 e. The second-order valence-corrected chi connectivity index (χ2v) is 8.13. The van der Waals surface area contributed by atoms with Crippen molar-refractivity contribution < 1.29 is 28.2 Å². The lowest BCUT2D eigenvalue weighted by Crippen LogP contribution is -2.49. The first-order valence-electron chi connectivity index (χ1n) is 10.1. The van der Waals surface area contributed by atoms with Crippen LogP contribution in [-0.4, -0.2) is 39.9 Å². The maximum atomic E-state index is 14.4. The van der Waals surface area contributed by atoms with Crippen LogP contribution in [0, 0.1) is 23.4 Å². The number of carbonyl (C=O) groups is 1. The number of hydrogen-bond acceptors (Lipinski definition) is 3. The van der Waals surface area contributed by atoms with Crippen molar-refractivity contribution >= 4 is 16.8 Å². The van der Waals surface area contributed by atoms with Crippen molar-refractivity contribution in [2.45, 2.75) is 37.8 Å². The van der Waals surface area contributed by atoms with Crippen molar-refractivity contribution in [2.24, 2.45) is 5.92 Å². The van der Waals surface area contributed by atoms with Gasteiger partial charge in [-0.25, -0.2) is 13.2 Å². The summed E-state index contributed by atoms with van der Waals surface area (Å²) in [6.07, 6.45) is 0.000975. The summed E-state index contributed by atoms with van der Waals surface area (Å²) in [5.41, 5.74) is 2.06. The second kappa shape index (κ2) is 8.36. The third kappa shape index (κ3) is 4.05. The number of hydrogen-bond donors (Lipinski definition) is 4. The van der Waals surface area contributed by atoms with Crippen LogP contribution in [0.2, 0.25) is 0 Å². The molecular weight excluding hydrogens is 409 g/mol. The molecule has 0 unspecified atom stereocenters. The number of halogens is 3. The third-order valence-electron chi connectivity index (χ3n) is 6.02. The molecule has 1 aliphatic rings. The van der Waals surface area contributed by atoms with Crippen molar-refractivity contribution in [3.05, 3.63) is 59.4 Å². The summed E-state index contributed by atoms with van der Waals surface area (Å²) in [6.45, 7) is 1.10. The van der Waals surface area contributed by atoms with Crippen molar-refractivity contribution in [1.29, 1.82) is 0 Å². The van der Waals surface area contributed by atoms with Crippen LogP contribution in [0.25, 0.3) is 22.2 Å². The fourth-order valence-corrected chi connectivity index (χ4v) is 4.20. The minimum absolute atomic E-state index is 0.134. The molecule has 31 heavy (non-hydrogen) atoms. The van der Waals surface area contributed by atoms with E-state index in [1.165, 1.54) is 25.1 Å². The van der Waals surface area contributed by atoms with Crippen LogP contribution in [0.1, 0.15) is 31.2 Å². The fourth-order valence-electron chi connectivity index (χ4n) is 4.20. The van der Waals surface area contributed by atoms with E-state index in [9.17, 15) is 28.2 Å². The van der Waals surface area contributed by atoms with Gasteiger partial charge in [-0.1, -0.05) is 0 Å². The van der Waals surface area contributed by atoms with E-state index in [-0.39, 0.29) is 29.9 Å². The highest BCUT2D eigenvalue weighted by Gasteiger charge is 2.39. The first-order chi connectivity index (χ1) is 14.8. The number of aliphatic hydroxyl groups is 2. The van der Waals surface area contributed by atoms with Gasteiger partial charge in [-0.05, 0) is 67.1 Å². The number of H-pyrrole nitrogens is 1. The highest BCUT2D eigenvalue weighted by Crippen LogP contribution is 2.48. The van der Waals surface area contributed by atoms with Gasteiger partial charge in [0.25, 0.3) is 0 Å². The molecule has 0 saturated heterocycles. The third-order valence-corrected chi connectivity index (χ3v) is 6.02. The predicted molar refractivity (Wildman–Crippen MR) is 110 cm³/mol. The van der Waals surface area contributed by atoms with E-state index in [0.717, 1.165) is 6.07 Å². The predicted octanol–water partition coefficient (Wildman–Crippen LogP) is 3.60. The molecule has 4 rings (SSSR count). The Balaban J connectivity index is 1.65. The van der Waals surface area contributed by atoms with Crippen molar-refractivity contribution in [2.75, 3.05) is 6.61 Å². The van der Waals surface area contributed by atoms with Gasteiger partial charge in [0.15, 0.2) is 0 Å². The Morgan fingerprint density at radius 2 is 1.84 bits per heavy atom. The Labute approximate surface area is 176 Å². The molecule has 1 fully saturated rings. The molecular formula is C23H23F3N2O3. The first-order valence-corrected chi connectivity index (χ1v) is 10.1. The maximum Gasteiger partial charge on any atom is 0.223 e. The molecule has 5 nitrogen and oxygen atoms in total. The summed E-state index contributed by atoms with van der Waals surface area (Å²) in [5.74, 6) is -2.59. The largest absolute Gasteiger partial charge is 0.394 e. The first kappa shape index (κ1) is 21.4. The van der Waals surface area contributed by atoms with Crippen LogP contribution in [0.15, 0.2) is 36.4 Å². The van der Waals surface area contributed by atoms with Crippen LogP contribution >= 0.6 is 0 Å². The molecule has 8 heteroatoms. The van der Waals surface area contributed by atoms with Gasteiger partial charge in [0.05, 0.1) is 30.0 Å². The lowest BCUT2D eigenvalue weighted by molar-refractivity contribution is -0.130. The van der Waals surface area contributed by atoms with E-state index < -0.39 is 29.6 Å². The molecule has 2 aromatic carbocycles. The Morgan fingerprint density at radius 3 is 2.45 bits per heavy atom. The van der Waals surface area contributed by atoms with Crippen molar-refractivity contribution in [1.82, 2.24) is 10.3 Å². The molecule has 1 aromatic heterocycles. The minimum atomic E-state index is -0.894. The summed E-state index contributed by atoms with van der Waals surface area (Å²) in [5, 5.41) is 21.9. The molecule has 1 saturated carbocycles. The standard InChI is InChI=1S/C23H23F3N2O3/c1-11(30)19(10-29)27-23(31)14-6-13(7-14)20-17-8-16(25)9-18(26)22(17)28-21(20)12-2-4-15(24)5-3-12/h2-5,8-9,11,13-14,19,28-30H,6-7,10H2,1H3,(H,27,31)/t11-,13?,14?,19-/m0/s1. The normalized spacial score (nSPS) is 20.3. The van der Waals surface area contributed by atoms with Crippen LogP contribution in [0.3, 0.4) is 0 Å². The van der Waals surface area contributed by atoms with E-state index in [4.69, 9.17) is 0 Å². The molecule has 4 N–H and O–H groups in total. The van der Waals surface area contributed by atoms with Crippen LogP contribution in [0.5, 0.6) is 0 Å². The van der Waals surface area contributed by atoms with E-state index >= 15 is 0 Å². The lowest BCUT2D eigenvalue weighted by atomic mass is 9.69. The van der Waals surface area contributed by atoms with Crippen LogP contribution < -0.4 is 5.32 Å². The van der Waals surface area contributed by atoms with Gasteiger partial charge in [0, 0.05) is 17.4 Å². The monoisotopic (exact) mass is 432 g/mol. The van der Waals surface area contributed by atoms with Crippen LogP contribution in [0.4, 0.5) is 13.2 Å². The quantitative estimate of drug-likeness (QED) is 0.480. The van der Waals surface area contributed by atoms with Gasteiger partial charge in [-0.3, -0.25) is 4.79 Å². The number of benzene rings is 2. The number of aliphatic hydroxyl groups excluding tert-OH is 2. The number of amides is 1. The fraction of sp³-hybridized carbons (Fsp3) is 0.348. The molecule has 164 valence electrons. The molecule has 0 aliphatic heterocycles. The molecule has 1 amide bonds. The Bertz CT molecular complexity index is 1110. The topological polar surface area (TPSA) is 85.3 Å². The zero-order chi connectivity index (χ0) is 22.3. The summed E-state index contributed by atoms with van der Waals surface area (Å²) in [4.78, 5) is 15.5. The minimum Gasteiger partial charge on any atom is -0.394 e. The number of aromatic amines is 1.